The second-order valence-corrected chi connectivity index (χ2v) is 7.75. The Balaban J connectivity index is 1.41. The van der Waals surface area contributed by atoms with Crippen molar-refractivity contribution >= 4 is 12.0 Å². The van der Waals surface area contributed by atoms with Gasteiger partial charge in [0.1, 0.15) is 12.6 Å². The van der Waals surface area contributed by atoms with Gasteiger partial charge >= 0.3 is 6.09 Å². The van der Waals surface area contributed by atoms with E-state index in [0.717, 1.165) is 30.4 Å². The molecule has 1 saturated heterocycles. The van der Waals surface area contributed by atoms with Crippen LogP contribution in [0.25, 0.3) is 0 Å². The highest BCUT2D eigenvalue weighted by Gasteiger charge is 2.40. The number of rotatable bonds is 4. The number of fused-ring (bicyclic) bond motifs is 1. The molecule has 0 bridgehead atoms. The van der Waals surface area contributed by atoms with E-state index in [1.54, 1.807) is 0 Å². The topological polar surface area (TPSA) is 78.9 Å². The van der Waals surface area contributed by atoms with E-state index in [9.17, 15) is 14.7 Å². The van der Waals surface area contributed by atoms with Crippen molar-refractivity contribution in [3.8, 4) is 0 Å². The zero-order valence-electron chi connectivity index (χ0n) is 16.3. The molecule has 2 aliphatic rings. The van der Waals surface area contributed by atoms with Gasteiger partial charge in [0.25, 0.3) is 0 Å². The molecule has 1 aliphatic carbocycles. The summed E-state index contributed by atoms with van der Waals surface area (Å²) in [4.78, 5) is 26.9. The molecule has 4 rings (SSSR count). The van der Waals surface area contributed by atoms with E-state index < -0.39 is 18.2 Å². The van der Waals surface area contributed by atoms with Crippen LogP contribution in [0.1, 0.15) is 42.0 Å². The van der Waals surface area contributed by atoms with Gasteiger partial charge in [-0.05, 0) is 36.0 Å². The fourth-order valence-electron chi connectivity index (χ4n) is 4.24. The number of ether oxygens (including phenoxy) is 1. The second-order valence-electron chi connectivity index (χ2n) is 7.75. The molecular formula is C23H26N2O4. The summed E-state index contributed by atoms with van der Waals surface area (Å²) in [5.41, 5.74) is 3.28. The first-order valence-corrected chi connectivity index (χ1v) is 10.2. The van der Waals surface area contributed by atoms with Gasteiger partial charge in [-0.15, -0.1) is 0 Å². The molecule has 2 aromatic carbocycles. The van der Waals surface area contributed by atoms with Gasteiger partial charge in [-0.2, -0.15) is 0 Å². The molecule has 0 saturated carbocycles. The minimum Gasteiger partial charge on any atom is -0.445 e. The van der Waals surface area contributed by atoms with Crippen LogP contribution in [0.3, 0.4) is 0 Å². The average Bonchev–Trinajstić information content (AvgIpc) is 3.15. The van der Waals surface area contributed by atoms with E-state index >= 15 is 0 Å². The van der Waals surface area contributed by atoms with E-state index in [0.29, 0.717) is 0 Å². The van der Waals surface area contributed by atoms with Gasteiger partial charge in [-0.25, -0.2) is 4.79 Å². The van der Waals surface area contributed by atoms with Crippen LogP contribution >= 0.6 is 0 Å². The maximum absolute atomic E-state index is 13.0. The fourth-order valence-corrected chi connectivity index (χ4v) is 4.24. The van der Waals surface area contributed by atoms with Crippen LogP contribution in [-0.4, -0.2) is 40.7 Å². The predicted octanol–water partition coefficient (Wildman–Crippen LogP) is 2.95. The number of aliphatic hydroxyl groups is 1. The number of hydrogen-bond donors (Lipinski definition) is 2. The van der Waals surface area contributed by atoms with Crippen LogP contribution in [0, 0.1) is 0 Å². The largest absolute Gasteiger partial charge is 0.445 e. The Morgan fingerprint density at radius 2 is 1.86 bits per heavy atom. The molecule has 3 atom stereocenters. The molecule has 1 heterocycles. The van der Waals surface area contributed by atoms with Crippen molar-refractivity contribution in [1.29, 1.82) is 0 Å². The van der Waals surface area contributed by atoms with Gasteiger partial charge in [0.05, 0.1) is 18.7 Å². The quantitative estimate of drug-likeness (QED) is 0.836. The highest BCUT2D eigenvalue weighted by atomic mass is 16.6. The number of hydrogen-bond acceptors (Lipinski definition) is 4. The van der Waals surface area contributed by atoms with Crippen LogP contribution in [0.4, 0.5) is 4.79 Å². The van der Waals surface area contributed by atoms with Crippen molar-refractivity contribution in [2.45, 2.75) is 50.5 Å². The Morgan fingerprint density at radius 3 is 2.69 bits per heavy atom. The second kappa shape index (κ2) is 8.66. The van der Waals surface area contributed by atoms with Gasteiger partial charge in [0.15, 0.2) is 0 Å². The van der Waals surface area contributed by atoms with Crippen LogP contribution in [0.15, 0.2) is 54.6 Å². The van der Waals surface area contributed by atoms with E-state index in [4.69, 9.17) is 4.74 Å². The first-order chi connectivity index (χ1) is 14.1. The maximum Gasteiger partial charge on any atom is 0.410 e. The molecule has 6 nitrogen and oxygen atoms in total. The molecule has 2 N–H and O–H groups in total. The molecule has 3 unspecified atom stereocenters. The van der Waals surface area contributed by atoms with E-state index in [-0.39, 0.29) is 31.5 Å². The molecule has 1 aliphatic heterocycles. The van der Waals surface area contributed by atoms with E-state index in [1.165, 1.54) is 10.5 Å². The third kappa shape index (κ3) is 4.43. The Morgan fingerprint density at radius 1 is 1.10 bits per heavy atom. The van der Waals surface area contributed by atoms with Crippen molar-refractivity contribution in [2.75, 3.05) is 6.54 Å². The summed E-state index contributed by atoms with van der Waals surface area (Å²) in [6.07, 6.45) is 1.82. The standard InChI is InChI=1S/C23H26N2O4/c26-18-13-21(25(14-18)23(28)29-15-16-7-2-1-3-8-16)22(27)24-20-12-6-10-17-9-4-5-11-19(17)20/h1-5,7-9,11,18,20-21,26H,6,10,12-15H2,(H,24,27). The monoisotopic (exact) mass is 394 g/mol. The number of carbonyl (C=O) groups excluding carboxylic acids is 2. The highest BCUT2D eigenvalue weighted by Crippen LogP contribution is 2.30. The van der Waals surface area contributed by atoms with Crippen LogP contribution in [0.2, 0.25) is 0 Å². The zero-order valence-corrected chi connectivity index (χ0v) is 16.3. The highest BCUT2D eigenvalue weighted by molar-refractivity contribution is 5.86. The molecule has 152 valence electrons. The van der Waals surface area contributed by atoms with Gasteiger partial charge in [-0.3, -0.25) is 9.69 Å². The summed E-state index contributed by atoms with van der Waals surface area (Å²) in [5.74, 6) is -0.236. The lowest BCUT2D eigenvalue weighted by Crippen LogP contribution is -2.47. The van der Waals surface area contributed by atoms with Crippen LogP contribution < -0.4 is 5.32 Å². The number of carbonyl (C=O) groups is 2. The third-order valence-corrected chi connectivity index (χ3v) is 5.71. The van der Waals surface area contributed by atoms with Gasteiger partial charge in [0.2, 0.25) is 5.91 Å². The smallest absolute Gasteiger partial charge is 0.410 e. The molecule has 29 heavy (non-hydrogen) atoms. The van der Waals surface area contributed by atoms with Gasteiger partial charge in [-0.1, -0.05) is 54.6 Å². The molecule has 0 radical (unpaired) electrons. The van der Waals surface area contributed by atoms with Crippen LogP contribution in [-0.2, 0) is 22.6 Å². The normalized spacial score (nSPS) is 23.3. The number of nitrogens with zero attached hydrogens (tertiary/aromatic N) is 1. The Bertz CT molecular complexity index is 870. The van der Waals surface area contributed by atoms with E-state index in [2.05, 4.69) is 17.4 Å². The predicted molar refractivity (Wildman–Crippen MR) is 108 cm³/mol. The minimum absolute atomic E-state index is 0.0626. The Kier molecular flexibility index (Phi) is 5.81. The lowest BCUT2D eigenvalue weighted by atomic mass is 9.87. The molecular weight excluding hydrogens is 368 g/mol. The lowest BCUT2D eigenvalue weighted by molar-refractivity contribution is -0.126. The molecule has 1 fully saturated rings. The summed E-state index contributed by atoms with van der Waals surface area (Å²) in [6, 6.07) is 16.8. The Hall–Kier alpha value is -2.86. The fraction of sp³-hybridized carbons (Fsp3) is 0.391. The molecule has 0 spiro atoms. The van der Waals surface area contributed by atoms with Crippen molar-refractivity contribution in [3.63, 3.8) is 0 Å². The van der Waals surface area contributed by atoms with E-state index in [1.807, 2.05) is 42.5 Å². The van der Waals surface area contributed by atoms with Crippen molar-refractivity contribution in [2.24, 2.45) is 0 Å². The summed E-state index contributed by atoms with van der Waals surface area (Å²) in [5, 5.41) is 13.2. The number of benzene rings is 2. The zero-order chi connectivity index (χ0) is 20.2. The van der Waals surface area contributed by atoms with Gasteiger partial charge < -0.3 is 15.2 Å². The van der Waals surface area contributed by atoms with Crippen molar-refractivity contribution in [3.05, 3.63) is 71.3 Å². The number of likely N-dealkylation sites (tertiary alicyclic amines) is 1. The molecule has 6 heteroatoms. The lowest BCUT2D eigenvalue weighted by Gasteiger charge is -2.29. The SMILES string of the molecule is O=C(NC1CCCc2ccccc21)C1CC(O)CN1C(=O)OCc1ccccc1. The molecule has 2 aromatic rings. The van der Waals surface area contributed by atoms with Crippen molar-refractivity contribution in [1.82, 2.24) is 10.2 Å². The minimum atomic E-state index is -0.728. The number of aliphatic hydroxyl groups excluding tert-OH is 1. The number of nitrogens with one attached hydrogen (secondary N) is 1. The summed E-state index contributed by atoms with van der Waals surface area (Å²) >= 11 is 0. The summed E-state index contributed by atoms with van der Waals surface area (Å²) in [7, 11) is 0. The number of aryl methyl sites for hydroxylation is 1. The first kappa shape index (κ1) is 19.5. The van der Waals surface area contributed by atoms with Gasteiger partial charge in [0, 0.05) is 6.42 Å². The summed E-state index contributed by atoms with van der Waals surface area (Å²) < 4.78 is 5.38. The van der Waals surface area contributed by atoms with Crippen molar-refractivity contribution < 1.29 is 19.4 Å². The maximum atomic E-state index is 13.0. The van der Waals surface area contributed by atoms with Crippen LogP contribution in [0.5, 0.6) is 0 Å². The first-order valence-electron chi connectivity index (χ1n) is 10.2. The average molecular weight is 394 g/mol. The number of amides is 2. The summed E-state index contributed by atoms with van der Waals surface area (Å²) in [6.45, 7) is 0.240. The number of β-amino-alcohol motifs (C(OH)–C–C–N with tert-alkyl or cyclic N) is 1. The third-order valence-electron chi connectivity index (χ3n) is 5.71. The Labute approximate surface area is 170 Å². The molecule has 2 amide bonds. The molecule has 0 aromatic heterocycles.